The van der Waals surface area contributed by atoms with Gasteiger partial charge < -0.3 is 24.8 Å². The number of aliphatic hydroxyl groups excluding tert-OH is 1. The minimum Gasteiger partial charge on any atom is -0.489 e. The number of aliphatic hydroxyl groups is 1. The van der Waals surface area contributed by atoms with E-state index in [-0.39, 0.29) is 11.5 Å². The van der Waals surface area contributed by atoms with Crippen LogP contribution in [0.4, 0.5) is 0 Å². The number of aromatic nitrogens is 1. The number of ether oxygens (including phenoxy) is 1. The maximum absolute atomic E-state index is 12.9. The van der Waals surface area contributed by atoms with Crippen molar-refractivity contribution < 1.29 is 29.1 Å². The fourth-order valence-electron chi connectivity index (χ4n) is 4.33. The summed E-state index contributed by atoms with van der Waals surface area (Å²) >= 11 is 0. The molecule has 36 heavy (non-hydrogen) atoms. The lowest BCUT2D eigenvalue weighted by Gasteiger charge is -2.27. The fourth-order valence-corrected chi connectivity index (χ4v) is 4.33. The van der Waals surface area contributed by atoms with Crippen molar-refractivity contribution in [3.8, 4) is 5.75 Å². The van der Waals surface area contributed by atoms with E-state index in [2.05, 4.69) is 15.4 Å². The van der Waals surface area contributed by atoms with Gasteiger partial charge in [0.1, 0.15) is 18.1 Å². The van der Waals surface area contributed by atoms with Crippen molar-refractivity contribution in [2.75, 3.05) is 13.1 Å². The highest BCUT2D eigenvalue weighted by atomic mass is 16.5. The van der Waals surface area contributed by atoms with Gasteiger partial charge in [0.2, 0.25) is 0 Å². The second-order valence-electron chi connectivity index (χ2n) is 9.14. The molecule has 1 aliphatic heterocycles. The highest BCUT2D eigenvalue weighted by Crippen LogP contribution is 2.19. The number of aromatic carboxylic acids is 1. The van der Waals surface area contributed by atoms with Gasteiger partial charge in [0.25, 0.3) is 5.91 Å². The number of hydrogen-bond donors (Lipinski definition) is 3. The summed E-state index contributed by atoms with van der Waals surface area (Å²) in [4.78, 5) is 26.2. The molecule has 3 aromatic rings. The predicted octanol–water partition coefficient (Wildman–Crippen LogP) is 3.32. The SMILES string of the molecule is Cc1noc(C)c1COc1ccc(C(=O)NC2CN(Cc3ccc(C(=O)O)cc3)CCCC2O)cc1. The number of rotatable bonds is 8. The molecule has 2 heterocycles. The molecular weight excluding hydrogens is 462 g/mol. The molecule has 1 aliphatic rings. The maximum atomic E-state index is 12.9. The van der Waals surface area contributed by atoms with Gasteiger partial charge in [-0.15, -0.1) is 0 Å². The standard InChI is InChI=1S/C27H31N3O6/c1-17-23(18(2)36-29-17)16-35-22-11-9-20(10-12-22)26(32)28-24-15-30(13-3-4-25(24)31)14-19-5-7-21(8-6-19)27(33)34/h5-12,24-25,31H,3-4,13-16H2,1-2H3,(H,28,32)(H,33,34). The van der Waals surface area contributed by atoms with Crippen molar-refractivity contribution in [1.29, 1.82) is 0 Å². The van der Waals surface area contributed by atoms with E-state index in [0.29, 0.717) is 37.4 Å². The summed E-state index contributed by atoms with van der Waals surface area (Å²) in [7, 11) is 0. The monoisotopic (exact) mass is 493 g/mol. The van der Waals surface area contributed by atoms with Crippen LogP contribution in [-0.4, -0.2) is 57.4 Å². The van der Waals surface area contributed by atoms with Crippen molar-refractivity contribution in [3.63, 3.8) is 0 Å². The van der Waals surface area contributed by atoms with Crippen LogP contribution in [0.25, 0.3) is 0 Å². The number of hydrogen-bond acceptors (Lipinski definition) is 7. The zero-order chi connectivity index (χ0) is 25.7. The molecule has 9 nitrogen and oxygen atoms in total. The Kier molecular flexibility index (Phi) is 8.02. The van der Waals surface area contributed by atoms with E-state index in [0.717, 1.165) is 35.5 Å². The smallest absolute Gasteiger partial charge is 0.335 e. The van der Waals surface area contributed by atoms with E-state index in [1.165, 1.54) is 0 Å². The van der Waals surface area contributed by atoms with Gasteiger partial charge in [-0.05, 0) is 75.2 Å². The van der Waals surface area contributed by atoms with E-state index in [4.69, 9.17) is 14.4 Å². The zero-order valence-electron chi connectivity index (χ0n) is 20.4. The minimum absolute atomic E-state index is 0.246. The van der Waals surface area contributed by atoms with Gasteiger partial charge >= 0.3 is 5.97 Å². The number of carboxylic acid groups (broad SMARTS) is 1. The Hall–Kier alpha value is -3.69. The van der Waals surface area contributed by atoms with E-state index >= 15 is 0 Å². The van der Waals surface area contributed by atoms with Gasteiger partial charge in [0.15, 0.2) is 0 Å². The summed E-state index contributed by atoms with van der Waals surface area (Å²) in [6.45, 7) is 5.91. The Morgan fingerprint density at radius 2 is 1.81 bits per heavy atom. The summed E-state index contributed by atoms with van der Waals surface area (Å²) in [5.74, 6) is 0.129. The zero-order valence-corrected chi connectivity index (χ0v) is 20.4. The molecule has 0 bridgehead atoms. The van der Waals surface area contributed by atoms with Gasteiger partial charge in [-0.1, -0.05) is 17.3 Å². The largest absolute Gasteiger partial charge is 0.489 e. The number of likely N-dealkylation sites (tertiary alicyclic amines) is 1. The molecule has 0 aliphatic carbocycles. The quantitative estimate of drug-likeness (QED) is 0.436. The Balaban J connectivity index is 1.34. The first-order valence-electron chi connectivity index (χ1n) is 12.0. The molecule has 2 aromatic carbocycles. The molecule has 2 atom stereocenters. The number of aryl methyl sites for hydroxylation is 2. The third kappa shape index (κ3) is 6.30. The van der Waals surface area contributed by atoms with Crippen LogP contribution in [0.2, 0.25) is 0 Å². The van der Waals surface area contributed by atoms with Crippen LogP contribution < -0.4 is 10.1 Å². The summed E-state index contributed by atoms with van der Waals surface area (Å²) < 4.78 is 11.0. The van der Waals surface area contributed by atoms with E-state index in [1.807, 2.05) is 13.8 Å². The van der Waals surface area contributed by atoms with Crippen molar-refractivity contribution in [3.05, 3.63) is 82.2 Å². The Labute approximate surface area is 209 Å². The molecule has 0 spiro atoms. The molecule has 9 heteroatoms. The predicted molar refractivity (Wildman–Crippen MR) is 132 cm³/mol. The summed E-state index contributed by atoms with van der Waals surface area (Å²) in [5.41, 5.74) is 3.40. The molecule has 2 unspecified atom stereocenters. The first-order valence-corrected chi connectivity index (χ1v) is 12.0. The van der Waals surface area contributed by atoms with Crippen LogP contribution in [-0.2, 0) is 13.2 Å². The van der Waals surface area contributed by atoms with Gasteiger partial charge in [-0.3, -0.25) is 9.69 Å². The van der Waals surface area contributed by atoms with Crippen LogP contribution in [0.5, 0.6) is 5.75 Å². The molecule has 3 N–H and O–H groups in total. The third-order valence-electron chi connectivity index (χ3n) is 6.50. The van der Waals surface area contributed by atoms with Crippen LogP contribution in [0.15, 0.2) is 53.1 Å². The number of carbonyl (C=O) groups excluding carboxylic acids is 1. The first kappa shape index (κ1) is 25.4. The second kappa shape index (κ2) is 11.4. The second-order valence-corrected chi connectivity index (χ2v) is 9.14. The van der Waals surface area contributed by atoms with Crippen LogP contribution >= 0.6 is 0 Å². The van der Waals surface area contributed by atoms with Crippen molar-refractivity contribution >= 4 is 11.9 Å². The van der Waals surface area contributed by atoms with Gasteiger partial charge in [-0.25, -0.2) is 4.79 Å². The van der Waals surface area contributed by atoms with Crippen molar-refractivity contribution in [1.82, 2.24) is 15.4 Å². The molecule has 1 aromatic heterocycles. The van der Waals surface area contributed by atoms with Crippen LogP contribution in [0, 0.1) is 13.8 Å². The number of nitrogens with zero attached hydrogens (tertiary/aromatic N) is 2. The molecular formula is C27H31N3O6. The molecule has 1 fully saturated rings. The fraction of sp³-hybridized carbons (Fsp3) is 0.370. The lowest BCUT2D eigenvalue weighted by atomic mass is 10.1. The van der Waals surface area contributed by atoms with Crippen LogP contribution in [0.3, 0.4) is 0 Å². The average Bonchev–Trinajstić information content (AvgIpc) is 3.08. The molecule has 4 rings (SSSR count). The Morgan fingerprint density at radius 3 is 2.44 bits per heavy atom. The highest BCUT2D eigenvalue weighted by Gasteiger charge is 2.27. The number of amides is 1. The number of nitrogens with one attached hydrogen (secondary N) is 1. The Morgan fingerprint density at radius 1 is 1.11 bits per heavy atom. The average molecular weight is 494 g/mol. The normalized spacial score (nSPS) is 18.4. The minimum atomic E-state index is -0.956. The van der Waals surface area contributed by atoms with Crippen LogP contribution in [0.1, 0.15) is 56.1 Å². The summed E-state index contributed by atoms with van der Waals surface area (Å²) in [5, 5.41) is 26.6. The van der Waals surface area contributed by atoms with E-state index < -0.39 is 18.1 Å². The summed E-state index contributed by atoms with van der Waals surface area (Å²) in [6, 6.07) is 13.2. The lowest BCUT2D eigenvalue weighted by Crippen LogP contribution is -2.48. The molecule has 190 valence electrons. The van der Waals surface area contributed by atoms with E-state index in [9.17, 15) is 14.7 Å². The van der Waals surface area contributed by atoms with Gasteiger partial charge in [0.05, 0.1) is 29.0 Å². The third-order valence-corrected chi connectivity index (χ3v) is 6.50. The first-order chi connectivity index (χ1) is 17.3. The van der Waals surface area contributed by atoms with Crippen molar-refractivity contribution in [2.45, 2.75) is 52.0 Å². The Bertz CT molecular complexity index is 1170. The molecule has 1 saturated heterocycles. The maximum Gasteiger partial charge on any atom is 0.335 e. The molecule has 0 saturated carbocycles. The summed E-state index contributed by atoms with van der Waals surface area (Å²) in [6.07, 6.45) is 0.747. The number of carbonyl (C=O) groups is 2. The number of benzene rings is 2. The molecule has 1 amide bonds. The molecule has 0 radical (unpaired) electrons. The highest BCUT2D eigenvalue weighted by molar-refractivity contribution is 5.94. The van der Waals surface area contributed by atoms with Gasteiger partial charge in [-0.2, -0.15) is 0 Å². The van der Waals surface area contributed by atoms with E-state index in [1.54, 1.807) is 48.5 Å². The topological polar surface area (TPSA) is 125 Å². The number of carboxylic acids is 1. The van der Waals surface area contributed by atoms with Gasteiger partial charge in [0, 0.05) is 18.7 Å². The lowest BCUT2D eigenvalue weighted by molar-refractivity contribution is 0.0696. The van der Waals surface area contributed by atoms with Crippen molar-refractivity contribution in [2.24, 2.45) is 0 Å².